The second-order valence-electron chi connectivity index (χ2n) is 6.31. The first-order valence-electron chi connectivity index (χ1n) is 8.53. The van der Waals surface area contributed by atoms with Crippen molar-refractivity contribution in [2.45, 2.75) is 0 Å². The van der Waals surface area contributed by atoms with Gasteiger partial charge in [-0.15, -0.1) is 10.2 Å². The van der Waals surface area contributed by atoms with Crippen LogP contribution in [0.25, 0.3) is 0 Å². The standard InChI is InChI=1S/C19H15ClN6O3/c1-24-16-15(22-21-12-7-5-6-11(20)10-12)17(25(2)19(24)29)26(23-16)18(28)13-8-3-4-9-14(13)27/h3-10,27H,1-2H3. The SMILES string of the molecule is CN1C(=O)N(C)c2c(N=Nc3cccc(Cl)c3)c1nn2C(=O)c1ccccc1O. The number of phenolic OH excluding ortho intramolecular Hbond substituents is 1. The van der Waals surface area contributed by atoms with Gasteiger partial charge in [0.1, 0.15) is 5.75 Å². The van der Waals surface area contributed by atoms with Gasteiger partial charge in [-0.2, -0.15) is 9.80 Å². The Hall–Kier alpha value is -3.72. The Morgan fingerprint density at radius 2 is 1.83 bits per heavy atom. The van der Waals surface area contributed by atoms with Gasteiger partial charge in [0, 0.05) is 19.1 Å². The molecule has 2 amide bonds. The predicted octanol–water partition coefficient (Wildman–Crippen LogP) is 4.35. The summed E-state index contributed by atoms with van der Waals surface area (Å²) in [5.41, 5.74) is 0.802. The molecule has 0 unspecified atom stereocenters. The fourth-order valence-corrected chi connectivity index (χ4v) is 3.15. The van der Waals surface area contributed by atoms with E-state index in [-0.39, 0.29) is 34.7 Å². The van der Waals surface area contributed by atoms with E-state index in [0.717, 1.165) is 4.68 Å². The van der Waals surface area contributed by atoms with Crippen molar-refractivity contribution in [3.05, 3.63) is 59.1 Å². The van der Waals surface area contributed by atoms with Gasteiger partial charge in [0.25, 0.3) is 5.91 Å². The highest BCUT2D eigenvalue weighted by molar-refractivity contribution is 6.30. The molecule has 0 saturated heterocycles. The number of para-hydroxylation sites is 1. The number of aromatic hydroxyl groups is 1. The van der Waals surface area contributed by atoms with E-state index < -0.39 is 5.91 Å². The molecule has 146 valence electrons. The summed E-state index contributed by atoms with van der Waals surface area (Å²) in [7, 11) is 3.03. The maximum atomic E-state index is 13.0. The summed E-state index contributed by atoms with van der Waals surface area (Å²) in [6.45, 7) is 0. The maximum Gasteiger partial charge on any atom is 0.330 e. The molecule has 0 radical (unpaired) electrons. The third kappa shape index (κ3) is 3.11. The maximum absolute atomic E-state index is 13.0. The minimum Gasteiger partial charge on any atom is -0.507 e. The highest BCUT2D eigenvalue weighted by Crippen LogP contribution is 2.43. The van der Waals surface area contributed by atoms with Crippen LogP contribution >= 0.6 is 11.6 Å². The number of fused-ring (bicyclic) bond motifs is 2. The summed E-state index contributed by atoms with van der Waals surface area (Å²) in [5, 5.41) is 23.2. The van der Waals surface area contributed by atoms with Gasteiger partial charge in [-0.25, -0.2) is 4.79 Å². The molecule has 29 heavy (non-hydrogen) atoms. The molecule has 4 rings (SSSR count). The number of azo groups is 1. The number of carbonyl (C=O) groups excluding carboxylic acids is 2. The van der Waals surface area contributed by atoms with Crippen molar-refractivity contribution >= 4 is 46.5 Å². The average molecular weight is 411 g/mol. The van der Waals surface area contributed by atoms with Gasteiger partial charge >= 0.3 is 6.03 Å². The Balaban J connectivity index is 1.85. The molecule has 0 spiro atoms. The number of carbonyl (C=O) groups is 2. The highest BCUT2D eigenvalue weighted by atomic mass is 35.5. The Kier molecular flexibility index (Phi) is 4.51. The number of phenols is 1. The third-order valence-electron chi connectivity index (χ3n) is 4.43. The van der Waals surface area contributed by atoms with Gasteiger partial charge in [0.15, 0.2) is 17.3 Å². The average Bonchev–Trinajstić information content (AvgIpc) is 3.05. The lowest BCUT2D eigenvalue weighted by Crippen LogP contribution is -2.41. The molecule has 3 aromatic rings. The van der Waals surface area contributed by atoms with E-state index in [4.69, 9.17) is 11.6 Å². The first-order valence-corrected chi connectivity index (χ1v) is 8.90. The van der Waals surface area contributed by atoms with E-state index in [1.807, 2.05) is 0 Å². The van der Waals surface area contributed by atoms with Crippen molar-refractivity contribution in [3.63, 3.8) is 0 Å². The summed E-state index contributed by atoms with van der Waals surface area (Å²) < 4.78 is 1.04. The number of nitrogens with zero attached hydrogens (tertiary/aromatic N) is 6. The van der Waals surface area contributed by atoms with Gasteiger partial charge in [-0.3, -0.25) is 14.6 Å². The van der Waals surface area contributed by atoms with Gasteiger partial charge in [-0.1, -0.05) is 29.8 Å². The molecule has 2 heterocycles. The van der Waals surface area contributed by atoms with E-state index in [1.165, 1.54) is 36.0 Å². The zero-order chi connectivity index (χ0) is 20.7. The number of anilines is 2. The number of rotatable bonds is 3. The minimum atomic E-state index is -0.599. The topological polar surface area (TPSA) is 103 Å². The summed E-state index contributed by atoms with van der Waals surface area (Å²) in [5.74, 6) is -0.456. The van der Waals surface area contributed by atoms with Crippen LogP contribution in [0, 0.1) is 0 Å². The number of hydrogen-bond acceptors (Lipinski definition) is 6. The lowest BCUT2D eigenvalue weighted by atomic mass is 10.2. The number of amides is 2. The van der Waals surface area contributed by atoms with Crippen LogP contribution < -0.4 is 9.80 Å². The van der Waals surface area contributed by atoms with Gasteiger partial charge < -0.3 is 5.11 Å². The van der Waals surface area contributed by atoms with Gasteiger partial charge in [-0.05, 0) is 30.3 Å². The molecule has 0 saturated carbocycles. The molecule has 0 atom stereocenters. The number of halogens is 1. The largest absolute Gasteiger partial charge is 0.507 e. The minimum absolute atomic E-state index is 0.0477. The third-order valence-corrected chi connectivity index (χ3v) is 4.66. The molecule has 10 heteroatoms. The Labute approximate surface area is 170 Å². The van der Waals surface area contributed by atoms with Gasteiger partial charge in [0.05, 0.1) is 11.3 Å². The van der Waals surface area contributed by atoms with E-state index in [0.29, 0.717) is 10.7 Å². The molecular formula is C19H15ClN6O3. The van der Waals surface area contributed by atoms with Crippen LogP contribution in [0.2, 0.25) is 5.02 Å². The fraction of sp³-hybridized carbons (Fsp3) is 0.105. The Bertz CT molecular complexity index is 1170. The molecule has 1 aromatic heterocycles. The van der Waals surface area contributed by atoms with Crippen LogP contribution in [0.5, 0.6) is 5.75 Å². The summed E-state index contributed by atoms with van der Waals surface area (Å²) >= 11 is 5.97. The number of hydrogen-bond donors (Lipinski definition) is 1. The zero-order valence-corrected chi connectivity index (χ0v) is 16.2. The Morgan fingerprint density at radius 3 is 2.55 bits per heavy atom. The predicted molar refractivity (Wildman–Crippen MR) is 108 cm³/mol. The normalized spacial score (nSPS) is 13.4. The van der Waals surface area contributed by atoms with E-state index in [2.05, 4.69) is 15.3 Å². The van der Waals surface area contributed by atoms with E-state index in [1.54, 1.807) is 36.4 Å². The van der Waals surface area contributed by atoms with Crippen molar-refractivity contribution in [3.8, 4) is 5.75 Å². The van der Waals surface area contributed by atoms with E-state index >= 15 is 0 Å². The molecule has 1 aliphatic rings. The monoisotopic (exact) mass is 410 g/mol. The summed E-state index contributed by atoms with van der Waals surface area (Å²) in [6, 6.07) is 12.5. The van der Waals surface area contributed by atoms with Crippen LogP contribution in [0.15, 0.2) is 58.8 Å². The van der Waals surface area contributed by atoms with Crippen LogP contribution in [0.1, 0.15) is 10.4 Å². The quantitative estimate of drug-likeness (QED) is 0.648. The second-order valence-corrected chi connectivity index (χ2v) is 6.75. The van der Waals surface area contributed by atoms with Crippen LogP contribution in [-0.4, -0.2) is 40.9 Å². The fourth-order valence-electron chi connectivity index (χ4n) is 2.97. The van der Waals surface area contributed by atoms with Crippen LogP contribution in [0.3, 0.4) is 0 Å². The molecule has 0 aliphatic carbocycles. The molecule has 2 bridgehead atoms. The first kappa shape index (κ1) is 18.6. The molecular weight excluding hydrogens is 396 g/mol. The summed E-state index contributed by atoms with van der Waals surface area (Å²) in [6.07, 6.45) is 0. The van der Waals surface area contributed by atoms with Crippen molar-refractivity contribution in [2.75, 3.05) is 23.9 Å². The Morgan fingerprint density at radius 1 is 1.07 bits per heavy atom. The molecule has 1 aliphatic heterocycles. The van der Waals surface area contributed by atoms with Crippen LogP contribution in [0.4, 0.5) is 27.8 Å². The smallest absolute Gasteiger partial charge is 0.330 e. The van der Waals surface area contributed by atoms with Crippen molar-refractivity contribution < 1.29 is 14.7 Å². The number of benzene rings is 2. The molecule has 0 fully saturated rings. The lowest BCUT2D eigenvalue weighted by Gasteiger charge is -2.26. The molecule has 9 nitrogen and oxygen atoms in total. The first-order chi connectivity index (χ1) is 13.9. The summed E-state index contributed by atoms with van der Waals surface area (Å²) in [4.78, 5) is 28.0. The number of aromatic nitrogens is 2. The number of urea groups is 1. The van der Waals surface area contributed by atoms with Crippen molar-refractivity contribution in [1.29, 1.82) is 0 Å². The van der Waals surface area contributed by atoms with Crippen molar-refractivity contribution in [1.82, 2.24) is 9.78 Å². The second kappa shape index (κ2) is 7.02. The zero-order valence-electron chi connectivity index (χ0n) is 15.4. The van der Waals surface area contributed by atoms with E-state index in [9.17, 15) is 14.7 Å². The van der Waals surface area contributed by atoms with Gasteiger partial charge in [0.2, 0.25) is 0 Å². The van der Waals surface area contributed by atoms with Crippen LogP contribution in [-0.2, 0) is 0 Å². The highest BCUT2D eigenvalue weighted by Gasteiger charge is 2.38. The van der Waals surface area contributed by atoms with Crippen molar-refractivity contribution in [2.24, 2.45) is 10.2 Å². The molecule has 2 aromatic carbocycles. The molecule has 1 N–H and O–H groups in total. The lowest BCUT2D eigenvalue weighted by molar-refractivity contribution is 0.0945.